The highest BCUT2D eigenvalue weighted by Gasteiger charge is 2.44. The van der Waals surface area contributed by atoms with Crippen molar-refractivity contribution in [3.8, 4) is 0 Å². The smallest absolute Gasteiger partial charge is 0.272 e. The maximum Gasteiger partial charge on any atom is 0.272 e. The molecule has 0 radical (unpaired) electrons. The first kappa shape index (κ1) is 13.2. The Labute approximate surface area is 106 Å². The number of aromatic nitrogens is 3. The van der Waals surface area contributed by atoms with Crippen LogP contribution in [0.2, 0.25) is 5.15 Å². The second-order valence-corrected chi connectivity index (χ2v) is 4.11. The molecule has 0 bridgehead atoms. The van der Waals surface area contributed by atoms with Crippen LogP contribution in [0.5, 0.6) is 0 Å². The summed E-state index contributed by atoms with van der Waals surface area (Å²) < 4.78 is 5.15. The number of carbonyl (C=O) groups is 1. The SMILES string of the molecule is NC(=O)c1nn([C@@H]2O[C@H](CO)[C@@H](O)[C@H]2O)nc1Cl. The number of hydrogen-bond donors (Lipinski definition) is 4. The maximum atomic E-state index is 10.9. The van der Waals surface area contributed by atoms with Gasteiger partial charge in [0.1, 0.15) is 18.3 Å². The van der Waals surface area contributed by atoms with Crippen molar-refractivity contribution in [2.24, 2.45) is 5.73 Å². The van der Waals surface area contributed by atoms with Crippen LogP contribution >= 0.6 is 11.6 Å². The Morgan fingerprint density at radius 3 is 2.56 bits per heavy atom. The standard InChI is InChI=1S/C8H11ClN4O5/c9-6-3(7(10)17)11-13(12-6)8-5(16)4(15)2(1-14)18-8/h2,4-5,8,14-16H,1H2,(H2,10,17)/t2-,4-,5-,8-/m1/s1. The molecule has 1 amide bonds. The third kappa shape index (κ3) is 2.06. The van der Waals surface area contributed by atoms with Crippen molar-refractivity contribution in [2.45, 2.75) is 24.5 Å². The fourth-order valence-corrected chi connectivity index (χ4v) is 1.85. The Balaban J connectivity index is 2.27. The van der Waals surface area contributed by atoms with Gasteiger partial charge in [-0.15, -0.1) is 15.0 Å². The molecule has 9 nitrogen and oxygen atoms in total. The molecule has 2 heterocycles. The molecule has 1 aliphatic heterocycles. The number of rotatable bonds is 3. The lowest BCUT2D eigenvalue weighted by atomic mass is 10.1. The highest BCUT2D eigenvalue weighted by molar-refractivity contribution is 6.32. The van der Waals surface area contributed by atoms with E-state index in [0.29, 0.717) is 0 Å². The second-order valence-electron chi connectivity index (χ2n) is 3.75. The molecular weight excluding hydrogens is 268 g/mol. The van der Waals surface area contributed by atoms with Crippen LogP contribution in [-0.4, -0.2) is 61.1 Å². The number of primary amides is 1. The summed E-state index contributed by atoms with van der Waals surface area (Å²) in [5.74, 6) is -0.877. The molecule has 100 valence electrons. The number of aliphatic hydroxyl groups excluding tert-OH is 3. The van der Waals surface area contributed by atoms with Gasteiger partial charge in [-0.1, -0.05) is 11.6 Å². The Morgan fingerprint density at radius 1 is 1.44 bits per heavy atom. The van der Waals surface area contributed by atoms with Crippen molar-refractivity contribution >= 4 is 17.5 Å². The highest BCUT2D eigenvalue weighted by Crippen LogP contribution is 2.28. The zero-order chi connectivity index (χ0) is 13.4. The molecule has 0 saturated carbocycles. The number of hydrogen-bond acceptors (Lipinski definition) is 7. The molecule has 1 aromatic rings. The van der Waals surface area contributed by atoms with Crippen LogP contribution in [-0.2, 0) is 4.74 Å². The third-order valence-electron chi connectivity index (χ3n) is 2.57. The van der Waals surface area contributed by atoms with Gasteiger partial charge in [0.15, 0.2) is 17.1 Å². The van der Waals surface area contributed by atoms with Crippen molar-refractivity contribution < 1.29 is 24.9 Å². The van der Waals surface area contributed by atoms with Crippen LogP contribution in [0.15, 0.2) is 0 Å². The molecule has 4 atom stereocenters. The lowest BCUT2D eigenvalue weighted by molar-refractivity contribution is -0.0655. The van der Waals surface area contributed by atoms with E-state index in [0.717, 1.165) is 4.80 Å². The second kappa shape index (κ2) is 4.78. The number of aliphatic hydroxyl groups is 3. The molecule has 1 fully saturated rings. The normalized spacial score (nSPS) is 31.8. The fourth-order valence-electron chi connectivity index (χ4n) is 1.64. The van der Waals surface area contributed by atoms with Gasteiger partial charge in [-0.25, -0.2) is 0 Å². The summed E-state index contributed by atoms with van der Waals surface area (Å²) >= 11 is 5.63. The van der Waals surface area contributed by atoms with Gasteiger partial charge in [-0.3, -0.25) is 4.79 Å². The van der Waals surface area contributed by atoms with Gasteiger partial charge in [0.2, 0.25) is 0 Å². The van der Waals surface area contributed by atoms with Crippen molar-refractivity contribution in [3.63, 3.8) is 0 Å². The molecule has 5 N–H and O–H groups in total. The van der Waals surface area contributed by atoms with Gasteiger partial charge in [-0.05, 0) is 0 Å². The first-order valence-corrected chi connectivity index (χ1v) is 5.38. The topological polar surface area (TPSA) is 144 Å². The molecule has 0 aliphatic carbocycles. The van der Waals surface area contributed by atoms with Gasteiger partial charge in [0.05, 0.1) is 6.61 Å². The fraction of sp³-hybridized carbons (Fsp3) is 0.625. The molecule has 1 saturated heterocycles. The van der Waals surface area contributed by atoms with E-state index >= 15 is 0 Å². The predicted molar refractivity (Wildman–Crippen MR) is 56.6 cm³/mol. The molecule has 1 aliphatic rings. The van der Waals surface area contributed by atoms with Gasteiger partial charge < -0.3 is 25.8 Å². The van der Waals surface area contributed by atoms with E-state index in [1.165, 1.54) is 0 Å². The van der Waals surface area contributed by atoms with Crippen molar-refractivity contribution in [2.75, 3.05) is 6.61 Å². The molecule has 0 spiro atoms. The summed E-state index contributed by atoms with van der Waals surface area (Å²) in [6.07, 6.45) is -4.76. The Hall–Kier alpha value is -1.26. The van der Waals surface area contributed by atoms with E-state index in [4.69, 9.17) is 27.2 Å². The lowest BCUT2D eigenvalue weighted by Crippen LogP contribution is -2.33. The number of amides is 1. The van der Waals surface area contributed by atoms with Gasteiger partial charge in [0, 0.05) is 0 Å². The Morgan fingerprint density at radius 2 is 2.11 bits per heavy atom. The molecule has 1 aromatic heterocycles. The van der Waals surface area contributed by atoms with Gasteiger partial charge in [0.25, 0.3) is 5.91 Å². The van der Waals surface area contributed by atoms with E-state index in [2.05, 4.69) is 10.2 Å². The van der Waals surface area contributed by atoms with Crippen LogP contribution in [0.3, 0.4) is 0 Å². The quantitative estimate of drug-likeness (QED) is 0.484. The van der Waals surface area contributed by atoms with Crippen molar-refractivity contribution in [1.82, 2.24) is 15.0 Å². The first-order valence-electron chi connectivity index (χ1n) is 5.00. The average molecular weight is 279 g/mol. The van der Waals surface area contributed by atoms with E-state index in [-0.39, 0.29) is 10.8 Å². The number of nitrogens with zero attached hydrogens (tertiary/aromatic N) is 3. The maximum absolute atomic E-state index is 10.9. The molecule has 0 aromatic carbocycles. The zero-order valence-electron chi connectivity index (χ0n) is 8.97. The largest absolute Gasteiger partial charge is 0.394 e. The Kier molecular flexibility index (Phi) is 3.50. The first-order chi connectivity index (χ1) is 8.45. The number of carbonyl (C=O) groups excluding carboxylic acids is 1. The lowest BCUT2D eigenvalue weighted by Gasteiger charge is -2.12. The summed E-state index contributed by atoms with van der Waals surface area (Å²) in [6.45, 7) is -0.480. The molecule has 10 heteroatoms. The predicted octanol–water partition coefficient (Wildman–Crippen LogP) is -2.36. The zero-order valence-corrected chi connectivity index (χ0v) is 9.73. The van der Waals surface area contributed by atoms with Gasteiger partial charge >= 0.3 is 0 Å². The summed E-state index contributed by atoms with van der Waals surface area (Å²) in [7, 11) is 0. The molecular formula is C8H11ClN4O5. The van der Waals surface area contributed by atoms with Crippen molar-refractivity contribution in [1.29, 1.82) is 0 Å². The highest BCUT2D eigenvalue weighted by atomic mass is 35.5. The van der Waals surface area contributed by atoms with Gasteiger partial charge in [-0.2, -0.15) is 0 Å². The number of ether oxygens (including phenoxy) is 1. The average Bonchev–Trinajstić information content (AvgIpc) is 2.82. The van der Waals surface area contributed by atoms with Crippen LogP contribution < -0.4 is 5.73 Å². The minimum atomic E-state index is -1.36. The molecule has 2 rings (SSSR count). The summed E-state index contributed by atoms with van der Waals surface area (Å²) in [4.78, 5) is 11.8. The van der Waals surface area contributed by atoms with E-state index in [1.807, 2.05) is 0 Å². The van der Waals surface area contributed by atoms with Crippen molar-refractivity contribution in [3.05, 3.63) is 10.8 Å². The van der Waals surface area contributed by atoms with Crippen LogP contribution in [0.1, 0.15) is 16.7 Å². The summed E-state index contributed by atoms with van der Waals surface area (Å²) in [6, 6.07) is 0. The minimum Gasteiger partial charge on any atom is -0.394 e. The molecule has 0 unspecified atom stereocenters. The van der Waals surface area contributed by atoms with E-state index < -0.39 is 37.1 Å². The van der Waals surface area contributed by atoms with Crippen LogP contribution in [0.4, 0.5) is 0 Å². The van der Waals surface area contributed by atoms with Crippen LogP contribution in [0.25, 0.3) is 0 Å². The monoisotopic (exact) mass is 278 g/mol. The number of nitrogens with two attached hydrogens (primary N) is 1. The number of halogens is 1. The van der Waals surface area contributed by atoms with E-state index in [1.54, 1.807) is 0 Å². The minimum absolute atomic E-state index is 0.236. The Bertz CT molecular complexity index is 466. The third-order valence-corrected chi connectivity index (χ3v) is 2.82. The van der Waals surface area contributed by atoms with E-state index in [9.17, 15) is 15.0 Å². The summed E-state index contributed by atoms with van der Waals surface area (Å²) in [5.41, 5.74) is 4.74. The molecule has 18 heavy (non-hydrogen) atoms. The van der Waals surface area contributed by atoms with Crippen LogP contribution in [0, 0.1) is 0 Å². The summed E-state index contributed by atoms with van der Waals surface area (Å²) in [5, 5.41) is 35.3.